The molecular weight excluding hydrogens is 296 g/mol. The lowest BCUT2D eigenvalue weighted by Gasteiger charge is -2.10. The Morgan fingerprint density at radius 2 is 1.83 bits per heavy atom. The number of rotatable bonds is 9. The monoisotopic (exact) mass is 322 g/mol. The molecule has 6 heteroatoms. The maximum Gasteiger partial charge on any atom is 0.407 e. The highest BCUT2D eigenvalue weighted by atomic mass is 16.5. The first kappa shape index (κ1) is 18.8. The average Bonchev–Trinajstić information content (AvgIpc) is 2.53. The molecule has 0 atom stereocenters. The number of hydrogen-bond donors (Lipinski definition) is 2. The van der Waals surface area contributed by atoms with E-state index in [1.165, 1.54) is 5.56 Å². The van der Waals surface area contributed by atoms with Gasteiger partial charge in [-0.15, -0.1) is 0 Å². The topological polar surface area (TPSA) is 76.7 Å². The second kappa shape index (κ2) is 10.5. The average molecular weight is 322 g/mol. The molecule has 23 heavy (non-hydrogen) atoms. The molecule has 1 rings (SSSR count). The lowest BCUT2D eigenvalue weighted by atomic mass is 10.1. The molecule has 0 radical (unpaired) electrons. The van der Waals surface area contributed by atoms with E-state index in [4.69, 9.17) is 9.47 Å². The van der Waals surface area contributed by atoms with Crippen molar-refractivity contribution < 1.29 is 19.1 Å². The number of ether oxygens (including phenoxy) is 2. The van der Waals surface area contributed by atoms with E-state index in [-0.39, 0.29) is 12.5 Å². The van der Waals surface area contributed by atoms with Gasteiger partial charge in [0, 0.05) is 13.1 Å². The molecule has 1 aromatic carbocycles. The third-order valence-electron chi connectivity index (χ3n) is 3.30. The number of aryl methyl sites for hydroxylation is 2. The second-order valence-electron chi connectivity index (χ2n) is 5.30. The summed E-state index contributed by atoms with van der Waals surface area (Å²) in [4.78, 5) is 22.9. The minimum Gasteiger partial charge on any atom is -0.484 e. The van der Waals surface area contributed by atoms with Crippen molar-refractivity contribution in [2.75, 3.05) is 26.3 Å². The number of amides is 2. The van der Waals surface area contributed by atoms with E-state index in [1.54, 1.807) is 0 Å². The number of alkyl carbamates (subject to hydrolysis) is 1. The Morgan fingerprint density at radius 3 is 2.52 bits per heavy atom. The van der Waals surface area contributed by atoms with Crippen LogP contribution >= 0.6 is 0 Å². The standard InChI is InChI=1S/C17H26N2O4/c1-4-5-10-22-17(21)19-9-8-18-16(20)12-23-15-7-6-13(2)14(3)11-15/h6-7,11H,4-5,8-10,12H2,1-3H3,(H,18,20)(H,19,21). The Bertz CT molecular complexity index is 517. The van der Waals surface area contributed by atoms with Crippen LogP contribution in [-0.4, -0.2) is 38.3 Å². The molecule has 0 spiro atoms. The summed E-state index contributed by atoms with van der Waals surface area (Å²) in [6.07, 6.45) is 1.36. The molecular formula is C17H26N2O4. The van der Waals surface area contributed by atoms with Crippen LogP contribution in [0.3, 0.4) is 0 Å². The van der Waals surface area contributed by atoms with Gasteiger partial charge in [-0.2, -0.15) is 0 Å². The fraction of sp³-hybridized carbons (Fsp3) is 0.529. The molecule has 2 N–H and O–H groups in total. The van der Waals surface area contributed by atoms with Crippen LogP contribution in [-0.2, 0) is 9.53 Å². The van der Waals surface area contributed by atoms with E-state index in [2.05, 4.69) is 10.6 Å². The number of benzene rings is 1. The number of hydrogen-bond acceptors (Lipinski definition) is 4. The van der Waals surface area contributed by atoms with Gasteiger partial charge in [-0.25, -0.2) is 4.79 Å². The summed E-state index contributed by atoms with van der Waals surface area (Å²) in [7, 11) is 0. The summed E-state index contributed by atoms with van der Waals surface area (Å²) in [5.74, 6) is 0.435. The van der Waals surface area contributed by atoms with Crippen molar-refractivity contribution in [1.82, 2.24) is 10.6 Å². The van der Waals surface area contributed by atoms with E-state index in [9.17, 15) is 9.59 Å². The molecule has 0 fully saturated rings. The van der Waals surface area contributed by atoms with Gasteiger partial charge in [-0.3, -0.25) is 4.79 Å². The number of unbranched alkanes of at least 4 members (excludes halogenated alkanes) is 1. The van der Waals surface area contributed by atoms with Gasteiger partial charge in [0.2, 0.25) is 0 Å². The zero-order valence-corrected chi connectivity index (χ0v) is 14.1. The summed E-state index contributed by atoms with van der Waals surface area (Å²) >= 11 is 0. The summed E-state index contributed by atoms with van der Waals surface area (Å²) in [6, 6.07) is 5.69. The van der Waals surface area contributed by atoms with E-state index in [1.807, 2.05) is 39.0 Å². The van der Waals surface area contributed by atoms with Crippen LogP contribution in [0.5, 0.6) is 5.75 Å². The van der Waals surface area contributed by atoms with E-state index >= 15 is 0 Å². The van der Waals surface area contributed by atoms with Crippen molar-refractivity contribution in [2.45, 2.75) is 33.6 Å². The molecule has 128 valence electrons. The Labute approximate surface area is 137 Å². The Balaban J connectivity index is 2.12. The highest BCUT2D eigenvalue weighted by Crippen LogP contribution is 2.16. The third-order valence-corrected chi connectivity index (χ3v) is 3.30. The first-order valence-corrected chi connectivity index (χ1v) is 7.90. The quantitative estimate of drug-likeness (QED) is 0.684. The van der Waals surface area contributed by atoms with Crippen molar-refractivity contribution in [3.8, 4) is 5.75 Å². The number of carbonyl (C=O) groups is 2. The lowest BCUT2D eigenvalue weighted by molar-refractivity contribution is -0.123. The number of carbonyl (C=O) groups excluding carboxylic acids is 2. The first-order chi connectivity index (χ1) is 11.0. The van der Waals surface area contributed by atoms with Crippen molar-refractivity contribution in [2.24, 2.45) is 0 Å². The SMILES string of the molecule is CCCCOC(=O)NCCNC(=O)COc1ccc(C)c(C)c1. The lowest BCUT2D eigenvalue weighted by Crippen LogP contribution is -2.37. The van der Waals surface area contributed by atoms with Crippen LogP contribution < -0.4 is 15.4 Å². The summed E-state index contributed by atoms with van der Waals surface area (Å²) in [6.45, 7) is 7.05. The Kier molecular flexibility index (Phi) is 8.57. The highest BCUT2D eigenvalue weighted by molar-refractivity contribution is 5.77. The van der Waals surface area contributed by atoms with E-state index < -0.39 is 6.09 Å². The molecule has 2 amide bonds. The molecule has 0 saturated heterocycles. The molecule has 1 aromatic rings. The van der Waals surface area contributed by atoms with Crippen molar-refractivity contribution >= 4 is 12.0 Å². The van der Waals surface area contributed by atoms with Gasteiger partial charge in [-0.1, -0.05) is 19.4 Å². The van der Waals surface area contributed by atoms with Gasteiger partial charge in [0.15, 0.2) is 6.61 Å². The third kappa shape index (κ3) is 8.09. The van der Waals surface area contributed by atoms with Gasteiger partial charge in [0.1, 0.15) is 5.75 Å². The van der Waals surface area contributed by atoms with Gasteiger partial charge >= 0.3 is 6.09 Å². The molecule has 0 saturated carbocycles. The summed E-state index contributed by atoms with van der Waals surface area (Å²) < 4.78 is 10.4. The Morgan fingerprint density at radius 1 is 1.09 bits per heavy atom. The van der Waals surface area contributed by atoms with Crippen molar-refractivity contribution in [1.29, 1.82) is 0 Å². The molecule has 6 nitrogen and oxygen atoms in total. The molecule has 0 bridgehead atoms. The van der Waals surface area contributed by atoms with E-state index in [0.29, 0.717) is 25.4 Å². The number of nitrogens with one attached hydrogen (secondary N) is 2. The molecule has 0 aliphatic carbocycles. The predicted octanol–water partition coefficient (Wildman–Crippen LogP) is 2.32. The van der Waals surface area contributed by atoms with Crippen LogP contribution in [0.1, 0.15) is 30.9 Å². The molecule has 0 heterocycles. The maximum absolute atomic E-state index is 11.6. The predicted molar refractivity (Wildman–Crippen MR) is 88.7 cm³/mol. The second-order valence-corrected chi connectivity index (χ2v) is 5.30. The highest BCUT2D eigenvalue weighted by Gasteiger charge is 2.04. The molecule has 0 aliphatic rings. The summed E-state index contributed by atoms with van der Waals surface area (Å²) in [5, 5.41) is 5.24. The van der Waals surface area contributed by atoms with Gasteiger partial charge in [-0.05, 0) is 43.5 Å². The molecule has 0 aromatic heterocycles. The van der Waals surface area contributed by atoms with Crippen LogP contribution in [0.15, 0.2) is 18.2 Å². The molecule has 0 aliphatic heterocycles. The molecule has 0 unspecified atom stereocenters. The van der Waals surface area contributed by atoms with Crippen LogP contribution in [0.25, 0.3) is 0 Å². The summed E-state index contributed by atoms with van der Waals surface area (Å²) in [5.41, 5.74) is 2.30. The van der Waals surface area contributed by atoms with E-state index in [0.717, 1.165) is 18.4 Å². The first-order valence-electron chi connectivity index (χ1n) is 7.90. The maximum atomic E-state index is 11.6. The smallest absolute Gasteiger partial charge is 0.407 e. The Hall–Kier alpha value is -2.24. The van der Waals surface area contributed by atoms with Gasteiger partial charge in [0.25, 0.3) is 5.91 Å². The van der Waals surface area contributed by atoms with Crippen molar-refractivity contribution in [3.63, 3.8) is 0 Å². The fourth-order valence-corrected chi connectivity index (χ4v) is 1.73. The van der Waals surface area contributed by atoms with Crippen LogP contribution in [0, 0.1) is 13.8 Å². The van der Waals surface area contributed by atoms with Gasteiger partial charge in [0.05, 0.1) is 6.61 Å². The normalized spacial score (nSPS) is 10.0. The van der Waals surface area contributed by atoms with Crippen molar-refractivity contribution in [3.05, 3.63) is 29.3 Å². The minimum absolute atomic E-state index is 0.0521. The zero-order chi connectivity index (χ0) is 17.1. The minimum atomic E-state index is -0.459. The van der Waals surface area contributed by atoms with Crippen LogP contribution in [0.4, 0.5) is 4.79 Å². The van der Waals surface area contributed by atoms with Gasteiger partial charge < -0.3 is 20.1 Å². The fourth-order valence-electron chi connectivity index (χ4n) is 1.73. The largest absolute Gasteiger partial charge is 0.484 e. The zero-order valence-electron chi connectivity index (χ0n) is 14.1. The van der Waals surface area contributed by atoms with Crippen LogP contribution in [0.2, 0.25) is 0 Å².